The van der Waals surface area contributed by atoms with Crippen molar-refractivity contribution in [2.45, 2.75) is 44.8 Å². The Morgan fingerprint density at radius 2 is 2.10 bits per heavy atom. The van der Waals surface area contributed by atoms with Crippen LogP contribution < -0.4 is 5.32 Å². The molecule has 0 radical (unpaired) electrons. The van der Waals surface area contributed by atoms with Gasteiger partial charge in [0, 0.05) is 0 Å². The Morgan fingerprint density at radius 1 is 1.43 bits per heavy atom. The van der Waals surface area contributed by atoms with E-state index in [0.717, 1.165) is 18.6 Å². The second kappa shape index (κ2) is 11.6. The number of aliphatic hydroxyl groups excluding tert-OH is 1. The Morgan fingerprint density at radius 3 is 2.57 bits per heavy atom. The molecule has 1 amide bonds. The van der Waals surface area contributed by atoms with Crippen LogP contribution in [0.5, 0.6) is 0 Å². The first-order valence-corrected chi connectivity index (χ1v) is 8.58. The van der Waals surface area contributed by atoms with Gasteiger partial charge in [-0.05, 0) is 24.9 Å². The summed E-state index contributed by atoms with van der Waals surface area (Å²) < 4.78 is 4.70. The number of amides is 1. The number of carbonyl (C=O) groups is 2. The number of methoxy groups -OCH3 is 1. The van der Waals surface area contributed by atoms with E-state index in [1.165, 1.54) is 13.2 Å². The molecule has 0 aliphatic heterocycles. The van der Waals surface area contributed by atoms with Crippen molar-refractivity contribution in [3.63, 3.8) is 0 Å². The molecule has 3 atom stereocenters. The molecule has 0 aliphatic carbocycles. The number of unbranched alkanes of at least 4 members (excludes halogenated alkanes) is 1. The van der Waals surface area contributed by atoms with E-state index in [9.17, 15) is 14.7 Å². The summed E-state index contributed by atoms with van der Waals surface area (Å²) in [4.78, 5) is 23.9. The lowest BCUT2D eigenvalue weighted by Crippen LogP contribution is -2.46. The van der Waals surface area contributed by atoms with E-state index in [0.29, 0.717) is 12.8 Å². The SMILES string of the molecule is C=C[C@H](C(=O)NC(CCSC)C(=O)OC)[C@H](O)CCCC. The minimum atomic E-state index is -0.777. The van der Waals surface area contributed by atoms with Crippen LogP contribution in [0, 0.1) is 5.92 Å². The summed E-state index contributed by atoms with van der Waals surface area (Å²) in [5.41, 5.74) is 0. The molecule has 6 heteroatoms. The van der Waals surface area contributed by atoms with Crippen LogP contribution in [0.1, 0.15) is 32.6 Å². The molecule has 0 aromatic rings. The predicted octanol–water partition coefficient (Wildman–Crippen LogP) is 1.75. The van der Waals surface area contributed by atoms with Gasteiger partial charge < -0.3 is 15.2 Å². The molecule has 0 bridgehead atoms. The van der Waals surface area contributed by atoms with E-state index >= 15 is 0 Å². The molecule has 1 unspecified atom stereocenters. The lowest BCUT2D eigenvalue weighted by Gasteiger charge is -2.22. The van der Waals surface area contributed by atoms with Crippen molar-refractivity contribution in [1.82, 2.24) is 5.32 Å². The molecule has 122 valence electrons. The highest BCUT2D eigenvalue weighted by atomic mass is 32.2. The molecule has 0 heterocycles. The maximum Gasteiger partial charge on any atom is 0.328 e. The number of nitrogens with one attached hydrogen (secondary N) is 1. The van der Waals surface area contributed by atoms with Gasteiger partial charge in [-0.15, -0.1) is 6.58 Å². The monoisotopic (exact) mass is 317 g/mol. The minimum Gasteiger partial charge on any atom is -0.467 e. The number of thioether (sulfide) groups is 1. The van der Waals surface area contributed by atoms with Crippen molar-refractivity contribution in [2.75, 3.05) is 19.1 Å². The Hall–Kier alpha value is -1.01. The van der Waals surface area contributed by atoms with E-state index in [1.807, 2.05) is 13.2 Å². The number of ether oxygens (including phenoxy) is 1. The molecule has 21 heavy (non-hydrogen) atoms. The number of esters is 1. The third-order valence-electron chi connectivity index (χ3n) is 3.24. The average molecular weight is 317 g/mol. The first-order chi connectivity index (χ1) is 10.0. The second-order valence-corrected chi connectivity index (χ2v) is 5.82. The van der Waals surface area contributed by atoms with Crippen LogP contribution in [-0.4, -0.2) is 48.2 Å². The van der Waals surface area contributed by atoms with Gasteiger partial charge in [0.25, 0.3) is 0 Å². The van der Waals surface area contributed by atoms with Crippen LogP contribution >= 0.6 is 11.8 Å². The van der Waals surface area contributed by atoms with E-state index in [1.54, 1.807) is 11.8 Å². The van der Waals surface area contributed by atoms with Crippen molar-refractivity contribution >= 4 is 23.6 Å². The third-order valence-corrected chi connectivity index (χ3v) is 3.88. The third kappa shape index (κ3) is 7.52. The summed E-state index contributed by atoms with van der Waals surface area (Å²) in [6.45, 7) is 5.62. The van der Waals surface area contributed by atoms with Gasteiger partial charge in [-0.25, -0.2) is 4.79 Å². The highest BCUT2D eigenvalue weighted by Gasteiger charge is 2.28. The van der Waals surface area contributed by atoms with E-state index in [2.05, 4.69) is 11.9 Å². The maximum absolute atomic E-state index is 12.2. The summed E-state index contributed by atoms with van der Waals surface area (Å²) >= 11 is 1.59. The summed E-state index contributed by atoms with van der Waals surface area (Å²) in [6, 6.07) is -0.684. The molecule has 5 nitrogen and oxygen atoms in total. The van der Waals surface area contributed by atoms with Gasteiger partial charge in [0.15, 0.2) is 0 Å². The topological polar surface area (TPSA) is 75.6 Å². The molecule has 0 aromatic carbocycles. The van der Waals surface area contributed by atoms with Crippen molar-refractivity contribution in [2.24, 2.45) is 5.92 Å². The molecule has 0 rings (SSSR count). The Bertz CT molecular complexity index is 336. The molecule has 2 N–H and O–H groups in total. The van der Waals surface area contributed by atoms with E-state index < -0.39 is 24.0 Å². The number of rotatable bonds is 11. The molecular weight excluding hydrogens is 290 g/mol. The van der Waals surface area contributed by atoms with Crippen molar-refractivity contribution < 1.29 is 19.4 Å². The van der Waals surface area contributed by atoms with Crippen LogP contribution in [0.3, 0.4) is 0 Å². The number of hydrogen-bond acceptors (Lipinski definition) is 5. The van der Waals surface area contributed by atoms with E-state index in [4.69, 9.17) is 4.74 Å². The predicted molar refractivity (Wildman–Crippen MR) is 86.2 cm³/mol. The quantitative estimate of drug-likeness (QED) is 0.448. The largest absolute Gasteiger partial charge is 0.467 e. The standard InChI is InChI=1S/C15H27NO4S/c1-5-7-8-13(17)11(6-2)14(18)16-12(9-10-21-4)15(19)20-3/h6,11-13,17H,2,5,7-10H2,1,3-4H3,(H,16,18)/t11-,12?,13+/m0/s1. The fraction of sp³-hybridized carbons (Fsp3) is 0.733. The smallest absolute Gasteiger partial charge is 0.328 e. The average Bonchev–Trinajstić information content (AvgIpc) is 2.49. The van der Waals surface area contributed by atoms with Gasteiger partial charge in [0.1, 0.15) is 6.04 Å². The summed E-state index contributed by atoms with van der Waals surface area (Å²) in [5, 5.41) is 12.7. The van der Waals surface area contributed by atoms with Crippen LogP contribution in [0.2, 0.25) is 0 Å². The van der Waals surface area contributed by atoms with Crippen LogP contribution in [-0.2, 0) is 14.3 Å². The highest BCUT2D eigenvalue weighted by molar-refractivity contribution is 7.98. The fourth-order valence-corrected chi connectivity index (χ4v) is 2.40. The first kappa shape index (κ1) is 20.0. The fourth-order valence-electron chi connectivity index (χ4n) is 1.93. The number of carbonyl (C=O) groups excluding carboxylic acids is 2. The Labute approximate surface area is 131 Å². The van der Waals surface area contributed by atoms with Gasteiger partial charge in [-0.1, -0.05) is 25.8 Å². The van der Waals surface area contributed by atoms with E-state index in [-0.39, 0.29) is 5.91 Å². The summed E-state index contributed by atoms with van der Waals surface area (Å²) in [6.07, 6.45) is 5.40. The van der Waals surface area contributed by atoms with Crippen molar-refractivity contribution in [1.29, 1.82) is 0 Å². The minimum absolute atomic E-state index is 0.384. The highest BCUT2D eigenvalue weighted by Crippen LogP contribution is 2.14. The lowest BCUT2D eigenvalue weighted by atomic mass is 9.96. The molecule has 0 spiro atoms. The summed E-state index contributed by atoms with van der Waals surface area (Å²) in [7, 11) is 1.29. The molecular formula is C15H27NO4S. The zero-order chi connectivity index (χ0) is 16.3. The number of hydrogen-bond donors (Lipinski definition) is 2. The van der Waals surface area contributed by atoms with Crippen molar-refractivity contribution in [3.05, 3.63) is 12.7 Å². The normalized spacial score (nSPS) is 14.9. The maximum atomic E-state index is 12.2. The van der Waals surface area contributed by atoms with Gasteiger partial charge in [-0.2, -0.15) is 11.8 Å². The van der Waals surface area contributed by atoms with Gasteiger partial charge in [0.05, 0.1) is 19.1 Å². The van der Waals surface area contributed by atoms with Crippen LogP contribution in [0.25, 0.3) is 0 Å². The zero-order valence-electron chi connectivity index (χ0n) is 13.1. The Kier molecular flexibility index (Phi) is 11.1. The lowest BCUT2D eigenvalue weighted by molar-refractivity contribution is -0.146. The molecule has 0 fully saturated rings. The zero-order valence-corrected chi connectivity index (χ0v) is 13.9. The van der Waals surface area contributed by atoms with Gasteiger partial charge >= 0.3 is 5.97 Å². The Balaban J connectivity index is 4.68. The molecule has 0 aromatic heterocycles. The van der Waals surface area contributed by atoms with Crippen molar-refractivity contribution in [3.8, 4) is 0 Å². The van der Waals surface area contributed by atoms with Gasteiger partial charge in [-0.3, -0.25) is 4.79 Å². The molecule has 0 saturated heterocycles. The van der Waals surface area contributed by atoms with Crippen LogP contribution in [0.4, 0.5) is 0 Å². The second-order valence-electron chi connectivity index (χ2n) is 4.84. The first-order valence-electron chi connectivity index (χ1n) is 7.19. The van der Waals surface area contributed by atoms with Gasteiger partial charge in [0.2, 0.25) is 5.91 Å². The molecule has 0 saturated carbocycles. The molecule has 0 aliphatic rings. The summed E-state index contributed by atoms with van der Waals surface area (Å²) in [5.74, 6) is -0.830. The number of aliphatic hydroxyl groups is 1. The van der Waals surface area contributed by atoms with Crippen LogP contribution in [0.15, 0.2) is 12.7 Å².